The van der Waals surface area contributed by atoms with Crippen LogP contribution in [0, 0.1) is 0 Å². The second-order valence-electron chi connectivity index (χ2n) is 2.69. The van der Waals surface area contributed by atoms with Gasteiger partial charge in [0.2, 0.25) is 0 Å². The van der Waals surface area contributed by atoms with Crippen LogP contribution in [0.15, 0.2) is 22.7 Å². The molecule has 1 rings (SSSR count). The summed E-state index contributed by atoms with van der Waals surface area (Å²) in [5.74, 6) is -0.914. The van der Waals surface area contributed by atoms with Crippen LogP contribution in [-0.4, -0.2) is 6.36 Å². The van der Waals surface area contributed by atoms with Crippen LogP contribution in [0.5, 0.6) is 5.75 Å². The van der Waals surface area contributed by atoms with E-state index >= 15 is 0 Å². The van der Waals surface area contributed by atoms with Crippen molar-refractivity contribution in [2.24, 2.45) is 0 Å². The lowest BCUT2D eigenvalue weighted by molar-refractivity contribution is -0.274. The van der Waals surface area contributed by atoms with Gasteiger partial charge < -0.3 is 4.74 Å². The molecule has 0 unspecified atom stereocenters. The molecule has 0 heterocycles. The number of halogens is 7. The number of rotatable bonds is 1. The SMILES string of the molecule is FC(F)(F)Oc1ccc(Br)c(C(F)(F)F)c1. The monoisotopic (exact) mass is 308 g/mol. The van der Waals surface area contributed by atoms with Crippen LogP contribution in [-0.2, 0) is 6.18 Å². The van der Waals surface area contributed by atoms with Crippen molar-refractivity contribution < 1.29 is 31.1 Å². The van der Waals surface area contributed by atoms with E-state index in [1.807, 2.05) is 0 Å². The van der Waals surface area contributed by atoms with Crippen LogP contribution in [0.3, 0.4) is 0 Å². The summed E-state index contributed by atoms with van der Waals surface area (Å²) in [6, 6.07) is 1.90. The maximum Gasteiger partial charge on any atom is 0.573 e. The lowest BCUT2D eigenvalue weighted by Crippen LogP contribution is -2.17. The topological polar surface area (TPSA) is 9.23 Å². The van der Waals surface area contributed by atoms with Gasteiger partial charge >= 0.3 is 12.5 Å². The van der Waals surface area contributed by atoms with Crippen LogP contribution in [0.2, 0.25) is 0 Å². The molecule has 1 aromatic carbocycles. The summed E-state index contributed by atoms with van der Waals surface area (Å²) in [5, 5.41) is 0. The largest absolute Gasteiger partial charge is 0.573 e. The average molecular weight is 309 g/mol. The van der Waals surface area contributed by atoms with Gasteiger partial charge in [0.25, 0.3) is 0 Å². The minimum absolute atomic E-state index is 0.275. The molecule has 90 valence electrons. The van der Waals surface area contributed by atoms with E-state index in [1.54, 1.807) is 0 Å². The quantitative estimate of drug-likeness (QED) is 0.700. The van der Waals surface area contributed by atoms with E-state index in [0.29, 0.717) is 0 Å². The molecule has 0 aliphatic heterocycles. The maximum absolute atomic E-state index is 12.3. The van der Waals surface area contributed by atoms with Crippen molar-refractivity contribution in [3.8, 4) is 5.75 Å². The van der Waals surface area contributed by atoms with Crippen LogP contribution in [0.25, 0.3) is 0 Å². The Bertz CT molecular complexity index is 383. The first-order chi connectivity index (χ1) is 7.09. The number of hydrogen-bond donors (Lipinski definition) is 0. The van der Waals surface area contributed by atoms with Gasteiger partial charge in [-0.3, -0.25) is 0 Å². The van der Waals surface area contributed by atoms with Crippen molar-refractivity contribution in [3.05, 3.63) is 28.2 Å². The van der Waals surface area contributed by atoms with E-state index in [0.717, 1.165) is 12.1 Å². The zero-order chi connectivity index (χ0) is 12.6. The third-order valence-corrected chi connectivity index (χ3v) is 2.17. The zero-order valence-corrected chi connectivity index (χ0v) is 8.87. The molecule has 0 aliphatic carbocycles. The number of benzene rings is 1. The third-order valence-electron chi connectivity index (χ3n) is 1.48. The molecule has 16 heavy (non-hydrogen) atoms. The molecule has 0 atom stereocenters. The predicted molar refractivity (Wildman–Crippen MR) is 45.8 cm³/mol. The standard InChI is InChI=1S/C8H3BrF6O/c9-6-2-1-4(16-8(13,14)15)3-5(6)7(10,11)12/h1-3H. The highest BCUT2D eigenvalue weighted by molar-refractivity contribution is 9.10. The number of alkyl halides is 6. The summed E-state index contributed by atoms with van der Waals surface area (Å²) < 4.78 is 75.2. The van der Waals surface area contributed by atoms with Gasteiger partial charge in [0.05, 0.1) is 5.56 Å². The first-order valence-electron chi connectivity index (χ1n) is 3.72. The second kappa shape index (κ2) is 4.15. The van der Waals surface area contributed by atoms with Crippen molar-refractivity contribution >= 4 is 15.9 Å². The Hall–Kier alpha value is -0.920. The second-order valence-corrected chi connectivity index (χ2v) is 3.54. The Labute approximate surface area is 94.1 Å². The van der Waals surface area contributed by atoms with Gasteiger partial charge in [-0.25, -0.2) is 0 Å². The molecule has 0 aromatic heterocycles. The van der Waals surface area contributed by atoms with Gasteiger partial charge in [0.15, 0.2) is 0 Å². The van der Waals surface area contributed by atoms with Crippen LogP contribution in [0.4, 0.5) is 26.3 Å². The minimum atomic E-state index is -5.02. The Morgan fingerprint density at radius 1 is 1.00 bits per heavy atom. The molecule has 0 N–H and O–H groups in total. The number of hydrogen-bond acceptors (Lipinski definition) is 1. The fourth-order valence-electron chi connectivity index (χ4n) is 0.919. The fourth-order valence-corrected chi connectivity index (χ4v) is 1.39. The lowest BCUT2D eigenvalue weighted by atomic mass is 10.2. The van der Waals surface area contributed by atoms with Crippen molar-refractivity contribution in [2.45, 2.75) is 12.5 Å². The van der Waals surface area contributed by atoms with E-state index in [-0.39, 0.29) is 10.5 Å². The molecule has 1 aromatic rings. The fraction of sp³-hybridized carbons (Fsp3) is 0.250. The van der Waals surface area contributed by atoms with Crippen molar-refractivity contribution in [2.75, 3.05) is 0 Å². The molecular weight excluding hydrogens is 306 g/mol. The van der Waals surface area contributed by atoms with E-state index in [2.05, 4.69) is 20.7 Å². The molecular formula is C8H3BrF6O. The summed E-state index contributed by atoms with van der Waals surface area (Å²) in [6.07, 6.45) is -9.76. The summed E-state index contributed by atoms with van der Waals surface area (Å²) in [5.41, 5.74) is -1.23. The Kier molecular flexibility index (Phi) is 3.41. The molecule has 0 saturated carbocycles. The number of ether oxygens (including phenoxy) is 1. The van der Waals surface area contributed by atoms with Gasteiger partial charge in [0, 0.05) is 4.47 Å². The normalized spacial score (nSPS) is 12.7. The van der Waals surface area contributed by atoms with Crippen molar-refractivity contribution in [1.29, 1.82) is 0 Å². The highest BCUT2D eigenvalue weighted by Gasteiger charge is 2.35. The van der Waals surface area contributed by atoms with E-state index < -0.39 is 23.9 Å². The molecule has 1 nitrogen and oxygen atoms in total. The van der Waals surface area contributed by atoms with Crippen molar-refractivity contribution in [3.63, 3.8) is 0 Å². The highest BCUT2D eigenvalue weighted by Crippen LogP contribution is 2.37. The van der Waals surface area contributed by atoms with Gasteiger partial charge in [0.1, 0.15) is 5.75 Å². The molecule has 0 fully saturated rings. The Balaban J connectivity index is 3.09. The van der Waals surface area contributed by atoms with E-state index in [9.17, 15) is 26.3 Å². The Morgan fingerprint density at radius 3 is 2.00 bits per heavy atom. The predicted octanol–water partition coefficient (Wildman–Crippen LogP) is 4.37. The molecule has 0 saturated heterocycles. The summed E-state index contributed by atoms with van der Waals surface area (Å²) in [7, 11) is 0. The molecule has 0 bridgehead atoms. The highest BCUT2D eigenvalue weighted by atomic mass is 79.9. The van der Waals surface area contributed by atoms with Crippen LogP contribution in [0.1, 0.15) is 5.56 Å². The molecule has 0 radical (unpaired) electrons. The molecule has 0 spiro atoms. The smallest absolute Gasteiger partial charge is 0.406 e. The van der Waals surface area contributed by atoms with Gasteiger partial charge in [-0.05, 0) is 18.2 Å². The first kappa shape index (κ1) is 13.1. The molecule has 0 aliphatic rings. The Morgan fingerprint density at radius 2 is 1.56 bits per heavy atom. The average Bonchev–Trinajstić information content (AvgIpc) is 2.04. The third kappa shape index (κ3) is 3.58. The van der Waals surface area contributed by atoms with Crippen molar-refractivity contribution in [1.82, 2.24) is 0 Å². The minimum Gasteiger partial charge on any atom is -0.406 e. The van der Waals surface area contributed by atoms with Crippen LogP contribution < -0.4 is 4.74 Å². The summed E-state index contributed by atoms with van der Waals surface area (Å²) in [4.78, 5) is 0. The summed E-state index contributed by atoms with van der Waals surface area (Å²) >= 11 is 2.59. The maximum atomic E-state index is 12.3. The van der Waals surface area contributed by atoms with Gasteiger partial charge in [-0.15, -0.1) is 13.2 Å². The van der Waals surface area contributed by atoms with Gasteiger partial charge in [-0.1, -0.05) is 15.9 Å². The van der Waals surface area contributed by atoms with Gasteiger partial charge in [-0.2, -0.15) is 13.2 Å². The van der Waals surface area contributed by atoms with E-state index in [4.69, 9.17) is 0 Å². The summed E-state index contributed by atoms with van der Waals surface area (Å²) in [6.45, 7) is 0. The van der Waals surface area contributed by atoms with Crippen LogP contribution >= 0.6 is 15.9 Å². The zero-order valence-electron chi connectivity index (χ0n) is 7.29. The molecule has 0 amide bonds. The first-order valence-corrected chi connectivity index (χ1v) is 4.51. The molecule has 8 heteroatoms. The lowest BCUT2D eigenvalue weighted by Gasteiger charge is -2.13. The van der Waals surface area contributed by atoms with E-state index in [1.165, 1.54) is 0 Å².